The molecule has 2 rings (SSSR count). The topological polar surface area (TPSA) is 34.9 Å². The quantitative estimate of drug-likeness (QED) is 0.797. The molecular weight excluding hydrogens is 248 g/mol. The maximum atomic E-state index is 12.5. The highest BCUT2D eigenvalue weighted by molar-refractivity contribution is 5.96. The molecule has 0 aliphatic rings. The van der Waals surface area contributed by atoms with E-state index in [4.69, 9.17) is 0 Å². The third kappa shape index (κ3) is 2.72. The van der Waals surface area contributed by atoms with E-state index in [-0.39, 0.29) is 5.91 Å². The highest BCUT2D eigenvalue weighted by atomic mass is 16.2. The van der Waals surface area contributed by atoms with Crippen molar-refractivity contribution in [3.8, 4) is 0 Å². The molecule has 0 radical (unpaired) electrons. The zero-order valence-corrected chi connectivity index (χ0v) is 12.5. The van der Waals surface area contributed by atoms with E-state index in [1.165, 1.54) is 4.68 Å². The first-order chi connectivity index (χ1) is 9.40. The van der Waals surface area contributed by atoms with E-state index in [1.807, 2.05) is 52.0 Å². The van der Waals surface area contributed by atoms with Crippen molar-refractivity contribution in [1.82, 2.24) is 9.78 Å². The Balaban J connectivity index is 2.43. The lowest BCUT2D eigenvalue weighted by Gasteiger charge is -2.05. The first-order valence-corrected chi connectivity index (χ1v) is 6.71. The Morgan fingerprint density at radius 2 is 2.00 bits per heavy atom. The standard InChI is InChI=1S/C17H20N2O/c1-11(2)9-16-13(4)18-19(14(16)5)17(20)15-8-6-7-12(3)10-15/h6-8,10H,1,9H2,2-5H3. The van der Waals surface area contributed by atoms with Crippen LogP contribution in [0.15, 0.2) is 36.4 Å². The van der Waals surface area contributed by atoms with E-state index in [2.05, 4.69) is 11.7 Å². The van der Waals surface area contributed by atoms with Crippen molar-refractivity contribution < 1.29 is 4.79 Å². The Hall–Kier alpha value is -2.16. The number of benzene rings is 1. The van der Waals surface area contributed by atoms with Crippen molar-refractivity contribution in [2.45, 2.75) is 34.1 Å². The monoisotopic (exact) mass is 268 g/mol. The molecule has 0 unspecified atom stereocenters. The van der Waals surface area contributed by atoms with Crippen LogP contribution >= 0.6 is 0 Å². The number of aromatic nitrogens is 2. The van der Waals surface area contributed by atoms with Crippen LogP contribution in [0.3, 0.4) is 0 Å². The van der Waals surface area contributed by atoms with Crippen LogP contribution in [0.2, 0.25) is 0 Å². The molecule has 0 spiro atoms. The maximum absolute atomic E-state index is 12.5. The van der Waals surface area contributed by atoms with Crippen molar-refractivity contribution in [2.75, 3.05) is 0 Å². The summed E-state index contributed by atoms with van der Waals surface area (Å²) in [6.07, 6.45) is 0.763. The Morgan fingerprint density at radius 1 is 1.30 bits per heavy atom. The van der Waals surface area contributed by atoms with Gasteiger partial charge in [-0.15, -0.1) is 0 Å². The van der Waals surface area contributed by atoms with Gasteiger partial charge in [0, 0.05) is 16.8 Å². The van der Waals surface area contributed by atoms with E-state index < -0.39 is 0 Å². The van der Waals surface area contributed by atoms with Gasteiger partial charge in [-0.25, -0.2) is 4.68 Å². The maximum Gasteiger partial charge on any atom is 0.278 e. The lowest BCUT2D eigenvalue weighted by Crippen LogP contribution is -2.15. The predicted molar refractivity (Wildman–Crippen MR) is 81.1 cm³/mol. The molecule has 1 aromatic heterocycles. The molecule has 0 aliphatic heterocycles. The second-order valence-electron chi connectivity index (χ2n) is 5.37. The number of allylic oxidation sites excluding steroid dienone is 1. The molecule has 0 saturated heterocycles. The number of nitrogens with zero attached hydrogens (tertiary/aromatic N) is 2. The number of hydrogen-bond acceptors (Lipinski definition) is 2. The van der Waals surface area contributed by atoms with Crippen LogP contribution in [0.5, 0.6) is 0 Å². The average molecular weight is 268 g/mol. The Labute approximate surface area is 119 Å². The van der Waals surface area contributed by atoms with Gasteiger partial charge in [-0.2, -0.15) is 5.10 Å². The predicted octanol–water partition coefficient (Wildman–Crippen LogP) is 3.62. The van der Waals surface area contributed by atoms with Crippen LogP contribution in [0.25, 0.3) is 0 Å². The molecule has 0 amide bonds. The van der Waals surface area contributed by atoms with E-state index in [0.29, 0.717) is 5.56 Å². The number of hydrogen-bond donors (Lipinski definition) is 0. The molecule has 1 heterocycles. The molecule has 0 aliphatic carbocycles. The minimum absolute atomic E-state index is 0.0812. The zero-order chi connectivity index (χ0) is 14.9. The van der Waals surface area contributed by atoms with Crippen molar-refractivity contribution in [3.63, 3.8) is 0 Å². The van der Waals surface area contributed by atoms with Crippen LogP contribution in [-0.4, -0.2) is 15.7 Å². The van der Waals surface area contributed by atoms with Crippen LogP contribution in [0.4, 0.5) is 0 Å². The van der Waals surface area contributed by atoms with Crippen molar-refractivity contribution in [1.29, 1.82) is 0 Å². The van der Waals surface area contributed by atoms with Gasteiger partial charge in [-0.1, -0.05) is 29.8 Å². The van der Waals surface area contributed by atoms with E-state index in [0.717, 1.165) is 34.5 Å². The molecule has 1 aromatic carbocycles. The molecule has 2 aromatic rings. The molecule has 0 fully saturated rings. The van der Waals surface area contributed by atoms with Gasteiger partial charge in [0.15, 0.2) is 0 Å². The van der Waals surface area contributed by atoms with Crippen molar-refractivity contribution in [3.05, 3.63) is 64.5 Å². The minimum Gasteiger partial charge on any atom is -0.267 e. The van der Waals surface area contributed by atoms with Gasteiger partial charge in [-0.05, 0) is 46.2 Å². The third-order valence-electron chi connectivity index (χ3n) is 3.38. The molecule has 3 heteroatoms. The highest BCUT2D eigenvalue weighted by Gasteiger charge is 2.17. The van der Waals surface area contributed by atoms with Crippen LogP contribution in [0, 0.1) is 20.8 Å². The summed E-state index contributed by atoms with van der Waals surface area (Å²) >= 11 is 0. The van der Waals surface area contributed by atoms with E-state index >= 15 is 0 Å². The summed E-state index contributed by atoms with van der Waals surface area (Å²) in [6, 6.07) is 7.58. The largest absolute Gasteiger partial charge is 0.278 e. The fourth-order valence-corrected chi connectivity index (χ4v) is 2.33. The van der Waals surface area contributed by atoms with Crippen LogP contribution in [-0.2, 0) is 6.42 Å². The molecule has 0 saturated carbocycles. The van der Waals surface area contributed by atoms with Gasteiger partial charge in [0.2, 0.25) is 0 Å². The summed E-state index contributed by atoms with van der Waals surface area (Å²) in [7, 11) is 0. The summed E-state index contributed by atoms with van der Waals surface area (Å²) in [6.45, 7) is 11.8. The molecule has 20 heavy (non-hydrogen) atoms. The van der Waals surface area contributed by atoms with Crippen molar-refractivity contribution in [2.24, 2.45) is 0 Å². The molecule has 3 nitrogen and oxygen atoms in total. The van der Waals surface area contributed by atoms with Gasteiger partial charge >= 0.3 is 0 Å². The third-order valence-corrected chi connectivity index (χ3v) is 3.38. The first kappa shape index (κ1) is 14.3. The normalized spacial score (nSPS) is 10.6. The fraction of sp³-hybridized carbons (Fsp3) is 0.294. The second-order valence-corrected chi connectivity index (χ2v) is 5.37. The Kier molecular flexibility index (Phi) is 3.89. The van der Waals surface area contributed by atoms with Crippen molar-refractivity contribution >= 4 is 5.91 Å². The summed E-state index contributed by atoms with van der Waals surface area (Å²) in [5.41, 5.74) is 5.69. The lowest BCUT2D eigenvalue weighted by atomic mass is 10.1. The fourth-order valence-electron chi connectivity index (χ4n) is 2.33. The van der Waals surface area contributed by atoms with Gasteiger partial charge < -0.3 is 0 Å². The minimum atomic E-state index is -0.0812. The first-order valence-electron chi connectivity index (χ1n) is 6.71. The second kappa shape index (κ2) is 5.45. The highest BCUT2D eigenvalue weighted by Crippen LogP contribution is 2.18. The summed E-state index contributed by atoms with van der Waals surface area (Å²) in [4.78, 5) is 12.5. The molecule has 104 valence electrons. The number of carbonyl (C=O) groups is 1. The van der Waals surface area contributed by atoms with E-state index in [9.17, 15) is 4.79 Å². The van der Waals surface area contributed by atoms with Crippen LogP contribution in [0.1, 0.15) is 39.8 Å². The van der Waals surface area contributed by atoms with Gasteiger partial charge in [0.1, 0.15) is 0 Å². The molecular formula is C17H20N2O. The Morgan fingerprint density at radius 3 is 2.60 bits per heavy atom. The summed E-state index contributed by atoms with van der Waals surface area (Å²) < 4.78 is 1.50. The average Bonchev–Trinajstić information content (AvgIpc) is 2.65. The SMILES string of the molecule is C=C(C)Cc1c(C)nn(C(=O)c2cccc(C)c2)c1C. The lowest BCUT2D eigenvalue weighted by molar-refractivity contribution is 0.0942. The summed E-state index contributed by atoms with van der Waals surface area (Å²) in [5.74, 6) is -0.0812. The van der Waals surface area contributed by atoms with Gasteiger partial charge in [0.25, 0.3) is 5.91 Å². The van der Waals surface area contributed by atoms with E-state index in [1.54, 1.807) is 0 Å². The van der Waals surface area contributed by atoms with Crippen LogP contribution < -0.4 is 0 Å². The number of aryl methyl sites for hydroxylation is 2. The smallest absolute Gasteiger partial charge is 0.267 e. The zero-order valence-electron chi connectivity index (χ0n) is 12.5. The number of rotatable bonds is 3. The summed E-state index contributed by atoms with van der Waals surface area (Å²) in [5, 5.41) is 4.40. The molecule has 0 bridgehead atoms. The Bertz CT molecular complexity index is 680. The van der Waals surface area contributed by atoms with Gasteiger partial charge in [-0.3, -0.25) is 4.79 Å². The molecule has 0 atom stereocenters. The number of carbonyl (C=O) groups excluding carboxylic acids is 1. The van der Waals surface area contributed by atoms with Gasteiger partial charge in [0.05, 0.1) is 5.69 Å². The molecule has 0 N–H and O–H groups in total.